The third kappa shape index (κ3) is 4.17. The fourth-order valence-corrected chi connectivity index (χ4v) is 5.86. The van der Waals surface area contributed by atoms with Crippen LogP contribution in [0.25, 0.3) is 16.6 Å². The maximum absolute atomic E-state index is 12.2. The van der Waals surface area contributed by atoms with E-state index in [0.29, 0.717) is 17.8 Å². The Morgan fingerprint density at radius 2 is 1.94 bits per heavy atom. The van der Waals surface area contributed by atoms with Gasteiger partial charge in [0.05, 0.1) is 23.3 Å². The molecule has 2 aromatic heterocycles. The number of fused-ring (bicyclic) bond motifs is 1. The predicted octanol–water partition coefficient (Wildman–Crippen LogP) is 4.66. The molecule has 0 radical (unpaired) electrons. The van der Waals surface area contributed by atoms with Crippen LogP contribution < -0.4 is 5.44 Å². The molecule has 0 spiro atoms. The van der Waals surface area contributed by atoms with Crippen LogP contribution in [0, 0.1) is 11.3 Å². The minimum Gasteiger partial charge on any atom is -0.320 e. The Morgan fingerprint density at radius 1 is 1.16 bits per heavy atom. The molecular weight excluding hydrogens is 491 g/mol. The second kappa shape index (κ2) is 9.05. The largest absolute Gasteiger partial charge is 0.375 e. The van der Waals surface area contributed by atoms with Gasteiger partial charge in [-0.05, 0) is 52.2 Å². The van der Waals surface area contributed by atoms with E-state index in [2.05, 4.69) is 33.9 Å². The Labute approximate surface area is 194 Å². The molecule has 0 aliphatic carbocycles. The van der Waals surface area contributed by atoms with E-state index in [-0.39, 0.29) is 16.6 Å². The molecule has 0 saturated heterocycles. The van der Waals surface area contributed by atoms with E-state index in [0.717, 1.165) is 35.0 Å². The lowest BCUT2D eigenvalue weighted by molar-refractivity contribution is 0.384. The molecule has 0 aliphatic rings. The molecule has 0 amide bonds. The minimum absolute atomic E-state index is 0.102. The summed E-state index contributed by atoms with van der Waals surface area (Å²) in [5, 5.41) is 10.4. The van der Waals surface area contributed by atoms with Crippen LogP contribution in [-0.4, -0.2) is 23.9 Å². The lowest BCUT2D eigenvalue weighted by Gasteiger charge is -2.14. The Bertz CT molecular complexity index is 1380. The molecule has 164 valence electrons. The number of nitriles is 1. The SMILES string of the molecule is CCCCc1nc(Br)c(P(=O)(O)O)n1Cc1cccc2c1ccn2-c1ccccc1C#N. The highest BCUT2D eigenvalue weighted by Gasteiger charge is 2.30. The van der Waals surface area contributed by atoms with Crippen molar-refractivity contribution >= 4 is 39.9 Å². The van der Waals surface area contributed by atoms with Gasteiger partial charge in [-0.3, -0.25) is 4.57 Å². The van der Waals surface area contributed by atoms with E-state index in [1.165, 1.54) is 0 Å². The van der Waals surface area contributed by atoms with Crippen molar-refractivity contribution in [3.8, 4) is 11.8 Å². The summed E-state index contributed by atoms with van der Waals surface area (Å²) in [6.07, 6.45) is 4.36. The molecule has 0 unspecified atom stereocenters. The molecule has 2 heterocycles. The standard InChI is InChI=1S/C23H22BrN4O3P/c1-2-3-11-21-26-22(24)23(32(29,30)31)28(21)15-17-8-6-10-20-18(17)12-13-27(20)19-9-5-4-7-16(19)14-25/h4-10,12-13H,2-3,11,15H2,1H3,(H2,29,30,31). The van der Waals surface area contributed by atoms with E-state index in [1.807, 2.05) is 53.2 Å². The first-order chi connectivity index (χ1) is 15.3. The van der Waals surface area contributed by atoms with Gasteiger partial charge < -0.3 is 18.9 Å². The Balaban J connectivity index is 1.84. The number of halogens is 1. The van der Waals surface area contributed by atoms with Crippen molar-refractivity contribution < 1.29 is 14.4 Å². The second-order valence-corrected chi connectivity index (χ2v) is 9.80. The molecule has 7 nitrogen and oxygen atoms in total. The van der Waals surface area contributed by atoms with Crippen molar-refractivity contribution in [2.24, 2.45) is 0 Å². The molecule has 2 aromatic carbocycles. The maximum Gasteiger partial charge on any atom is 0.375 e. The van der Waals surface area contributed by atoms with Gasteiger partial charge in [-0.1, -0.05) is 37.6 Å². The zero-order valence-corrected chi connectivity index (χ0v) is 19.9. The average Bonchev–Trinajstić information content (AvgIpc) is 3.33. The average molecular weight is 513 g/mol. The number of imidazole rings is 1. The summed E-state index contributed by atoms with van der Waals surface area (Å²) < 4.78 is 16.0. The van der Waals surface area contributed by atoms with Gasteiger partial charge in [-0.15, -0.1) is 0 Å². The molecule has 0 atom stereocenters. The molecule has 0 aliphatic heterocycles. The second-order valence-electron chi connectivity index (χ2n) is 7.54. The van der Waals surface area contributed by atoms with Crippen molar-refractivity contribution in [2.75, 3.05) is 0 Å². The Morgan fingerprint density at radius 3 is 2.66 bits per heavy atom. The molecule has 2 N–H and O–H groups in total. The van der Waals surface area contributed by atoms with Gasteiger partial charge in [0.15, 0.2) is 5.44 Å². The summed E-state index contributed by atoms with van der Waals surface area (Å²) in [4.78, 5) is 24.4. The summed E-state index contributed by atoms with van der Waals surface area (Å²) in [7, 11) is -4.54. The van der Waals surface area contributed by atoms with Crippen LogP contribution in [0.1, 0.15) is 36.7 Å². The number of hydrogen-bond acceptors (Lipinski definition) is 3. The fourth-order valence-electron chi connectivity index (χ4n) is 3.95. The van der Waals surface area contributed by atoms with Crippen molar-refractivity contribution in [1.82, 2.24) is 14.1 Å². The fraction of sp³-hybridized carbons (Fsp3) is 0.217. The van der Waals surface area contributed by atoms with E-state index in [1.54, 1.807) is 10.6 Å². The first kappa shape index (κ1) is 22.5. The van der Waals surface area contributed by atoms with Crippen LogP contribution in [0.4, 0.5) is 0 Å². The number of unbranched alkanes of at least 4 members (excludes halogenated alkanes) is 1. The van der Waals surface area contributed by atoms with Crippen LogP contribution in [0.5, 0.6) is 0 Å². The van der Waals surface area contributed by atoms with Crippen molar-refractivity contribution in [2.45, 2.75) is 32.7 Å². The monoisotopic (exact) mass is 512 g/mol. The number of nitrogens with zero attached hydrogens (tertiary/aromatic N) is 4. The molecule has 0 bridgehead atoms. The zero-order valence-electron chi connectivity index (χ0n) is 17.4. The van der Waals surface area contributed by atoms with Crippen molar-refractivity contribution in [1.29, 1.82) is 5.26 Å². The predicted molar refractivity (Wildman–Crippen MR) is 127 cm³/mol. The highest BCUT2D eigenvalue weighted by Crippen LogP contribution is 2.37. The number of aromatic nitrogens is 3. The van der Waals surface area contributed by atoms with Crippen LogP contribution >= 0.6 is 23.5 Å². The van der Waals surface area contributed by atoms with E-state index in [9.17, 15) is 19.6 Å². The Kier molecular flexibility index (Phi) is 6.36. The molecular formula is C23H22BrN4O3P. The Hall–Kier alpha value is -2.69. The first-order valence-corrected chi connectivity index (χ1v) is 12.6. The highest BCUT2D eigenvalue weighted by molar-refractivity contribution is 9.10. The topological polar surface area (TPSA) is 104 Å². The van der Waals surface area contributed by atoms with Gasteiger partial charge in [0, 0.05) is 18.0 Å². The van der Waals surface area contributed by atoms with Gasteiger partial charge in [0.1, 0.15) is 16.5 Å². The van der Waals surface area contributed by atoms with Gasteiger partial charge in [0.25, 0.3) is 0 Å². The zero-order chi connectivity index (χ0) is 22.9. The summed E-state index contributed by atoms with van der Waals surface area (Å²) >= 11 is 3.25. The quantitative estimate of drug-likeness (QED) is 0.350. The van der Waals surface area contributed by atoms with Crippen LogP contribution in [-0.2, 0) is 17.5 Å². The van der Waals surface area contributed by atoms with E-state index < -0.39 is 7.60 Å². The van der Waals surface area contributed by atoms with Gasteiger partial charge in [0.2, 0.25) is 0 Å². The number of rotatable bonds is 7. The highest BCUT2D eigenvalue weighted by atomic mass is 79.9. The van der Waals surface area contributed by atoms with Crippen LogP contribution in [0.3, 0.4) is 0 Å². The van der Waals surface area contributed by atoms with Gasteiger partial charge >= 0.3 is 7.60 Å². The van der Waals surface area contributed by atoms with E-state index >= 15 is 0 Å². The lowest BCUT2D eigenvalue weighted by Crippen LogP contribution is -2.21. The molecule has 0 saturated carbocycles. The number of hydrogen-bond donors (Lipinski definition) is 2. The third-order valence-electron chi connectivity index (χ3n) is 5.44. The summed E-state index contributed by atoms with van der Waals surface area (Å²) in [6, 6.07) is 17.4. The molecule has 0 fully saturated rings. The summed E-state index contributed by atoms with van der Waals surface area (Å²) in [5.74, 6) is 0.642. The molecule has 4 rings (SSSR count). The van der Waals surface area contributed by atoms with Crippen LogP contribution in [0.2, 0.25) is 0 Å². The molecule has 32 heavy (non-hydrogen) atoms. The maximum atomic E-state index is 12.2. The number of aryl methyl sites for hydroxylation is 1. The van der Waals surface area contributed by atoms with Gasteiger partial charge in [-0.25, -0.2) is 4.98 Å². The molecule has 9 heteroatoms. The minimum atomic E-state index is -4.54. The summed E-state index contributed by atoms with van der Waals surface area (Å²) in [5.41, 5.74) is 3.08. The summed E-state index contributed by atoms with van der Waals surface area (Å²) in [6.45, 7) is 2.34. The smallest absolute Gasteiger partial charge is 0.320 e. The molecule has 4 aromatic rings. The third-order valence-corrected chi connectivity index (χ3v) is 7.31. The number of para-hydroxylation sites is 1. The van der Waals surface area contributed by atoms with Crippen molar-refractivity contribution in [3.05, 3.63) is 76.3 Å². The first-order valence-electron chi connectivity index (χ1n) is 10.2. The lowest BCUT2D eigenvalue weighted by atomic mass is 10.1. The van der Waals surface area contributed by atoms with E-state index in [4.69, 9.17) is 0 Å². The number of benzene rings is 2. The van der Waals surface area contributed by atoms with Gasteiger partial charge in [-0.2, -0.15) is 5.26 Å². The van der Waals surface area contributed by atoms with Crippen molar-refractivity contribution in [3.63, 3.8) is 0 Å². The normalized spacial score (nSPS) is 11.7. The van der Waals surface area contributed by atoms with Crippen LogP contribution in [0.15, 0.2) is 59.3 Å².